The topological polar surface area (TPSA) is 62.4 Å². The Hall–Kier alpha value is -2.30. The molecule has 1 heterocycles. The molecule has 1 aromatic heterocycles. The van der Waals surface area contributed by atoms with Crippen LogP contribution in [0.25, 0.3) is 10.9 Å². The Labute approximate surface area is 123 Å². The Morgan fingerprint density at radius 3 is 2.52 bits per heavy atom. The zero-order valence-electron chi connectivity index (χ0n) is 13.0. The number of fused-ring (bicyclic) bond motifs is 1. The number of carbonyl (C=O) groups excluding carboxylic acids is 2. The van der Waals surface area contributed by atoms with Crippen LogP contribution in [-0.2, 0) is 4.79 Å². The largest absolute Gasteiger partial charge is 0.496 e. The number of ether oxygens (including phenoxy) is 1. The number of carbonyl (C=O) groups is 2. The molecule has 21 heavy (non-hydrogen) atoms. The van der Waals surface area contributed by atoms with Gasteiger partial charge in [-0.1, -0.05) is 6.07 Å². The van der Waals surface area contributed by atoms with Crippen molar-refractivity contribution >= 4 is 22.6 Å². The maximum atomic E-state index is 12.5. The molecule has 2 aromatic rings. The van der Waals surface area contributed by atoms with Gasteiger partial charge in [-0.25, -0.2) is 0 Å². The number of hydrogen-bond donors (Lipinski definition) is 1. The van der Waals surface area contributed by atoms with E-state index < -0.39 is 11.7 Å². The Kier molecular flexibility index (Phi) is 4.02. The molecule has 1 N–H and O–H groups in total. The zero-order chi connectivity index (χ0) is 15.7. The molecule has 0 aliphatic heterocycles. The Morgan fingerprint density at radius 2 is 1.95 bits per heavy atom. The van der Waals surface area contributed by atoms with Gasteiger partial charge in [-0.05, 0) is 32.4 Å². The lowest BCUT2D eigenvalue weighted by Crippen LogP contribution is -2.38. The second-order valence-electron chi connectivity index (χ2n) is 5.38. The SMILES string of the molecule is COc1c(C)ccc2[nH]cc(C(=O)C(=O)N(C)C(C)C)c12. The van der Waals surface area contributed by atoms with Gasteiger partial charge in [0.1, 0.15) is 5.75 Å². The van der Waals surface area contributed by atoms with E-state index in [-0.39, 0.29) is 6.04 Å². The van der Waals surface area contributed by atoms with Crippen LogP contribution in [0, 0.1) is 6.92 Å². The van der Waals surface area contributed by atoms with E-state index in [9.17, 15) is 9.59 Å². The number of H-pyrrole nitrogens is 1. The minimum Gasteiger partial charge on any atom is -0.496 e. The Morgan fingerprint density at radius 1 is 1.29 bits per heavy atom. The minimum atomic E-state index is -0.527. The molecule has 0 aliphatic rings. The molecule has 0 spiro atoms. The molecule has 0 aliphatic carbocycles. The summed E-state index contributed by atoms with van der Waals surface area (Å²) < 4.78 is 5.40. The standard InChI is InChI=1S/C16H20N2O3/c1-9(2)18(4)16(20)14(19)11-8-17-12-7-6-10(3)15(21-5)13(11)12/h6-9,17H,1-5H3. The summed E-state index contributed by atoms with van der Waals surface area (Å²) in [5, 5.41) is 0.660. The summed E-state index contributed by atoms with van der Waals surface area (Å²) in [5.41, 5.74) is 2.05. The van der Waals surface area contributed by atoms with Crippen LogP contribution in [0.3, 0.4) is 0 Å². The van der Waals surface area contributed by atoms with Crippen LogP contribution >= 0.6 is 0 Å². The number of benzene rings is 1. The third kappa shape index (κ3) is 2.51. The third-order valence-electron chi connectivity index (χ3n) is 3.73. The van der Waals surface area contributed by atoms with Crippen molar-refractivity contribution in [2.24, 2.45) is 0 Å². The second-order valence-corrected chi connectivity index (χ2v) is 5.38. The molecule has 0 atom stereocenters. The first-order valence-electron chi connectivity index (χ1n) is 6.84. The van der Waals surface area contributed by atoms with E-state index in [0.29, 0.717) is 16.7 Å². The molecule has 1 amide bonds. The summed E-state index contributed by atoms with van der Waals surface area (Å²) in [5.74, 6) is -0.423. The number of hydrogen-bond acceptors (Lipinski definition) is 3. The molecular formula is C16H20N2O3. The van der Waals surface area contributed by atoms with E-state index in [1.807, 2.05) is 32.9 Å². The first kappa shape index (κ1) is 15.1. The van der Waals surface area contributed by atoms with Crippen molar-refractivity contribution in [2.75, 3.05) is 14.2 Å². The average molecular weight is 288 g/mol. The molecular weight excluding hydrogens is 268 g/mol. The molecule has 0 radical (unpaired) electrons. The predicted molar refractivity (Wildman–Crippen MR) is 81.8 cm³/mol. The van der Waals surface area contributed by atoms with E-state index >= 15 is 0 Å². The molecule has 5 heteroatoms. The summed E-state index contributed by atoms with van der Waals surface area (Å²) in [6.45, 7) is 5.64. The molecule has 0 unspecified atom stereocenters. The number of likely N-dealkylation sites (N-methyl/N-ethyl adjacent to an activating group) is 1. The quantitative estimate of drug-likeness (QED) is 0.694. The normalized spacial score (nSPS) is 11.0. The molecule has 2 rings (SSSR count). The zero-order valence-corrected chi connectivity index (χ0v) is 13.0. The maximum absolute atomic E-state index is 12.5. The fourth-order valence-electron chi connectivity index (χ4n) is 2.25. The summed E-state index contributed by atoms with van der Waals surface area (Å²) in [6, 6.07) is 3.75. The van der Waals surface area contributed by atoms with Gasteiger partial charge in [0.2, 0.25) is 0 Å². The average Bonchev–Trinajstić information content (AvgIpc) is 2.88. The lowest BCUT2D eigenvalue weighted by Gasteiger charge is -2.20. The summed E-state index contributed by atoms with van der Waals surface area (Å²) in [4.78, 5) is 29.2. The highest BCUT2D eigenvalue weighted by Gasteiger charge is 2.26. The van der Waals surface area contributed by atoms with Crippen LogP contribution in [0.1, 0.15) is 29.8 Å². The van der Waals surface area contributed by atoms with Gasteiger partial charge in [-0.15, -0.1) is 0 Å². The third-order valence-corrected chi connectivity index (χ3v) is 3.73. The van der Waals surface area contributed by atoms with Crippen molar-refractivity contribution in [3.63, 3.8) is 0 Å². The molecule has 0 saturated carbocycles. The van der Waals surface area contributed by atoms with Crippen LogP contribution in [0.5, 0.6) is 5.75 Å². The molecule has 0 fully saturated rings. The van der Waals surface area contributed by atoms with Gasteiger partial charge in [-0.3, -0.25) is 9.59 Å². The number of nitrogens with one attached hydrogen (secondary N) is 1. The number of aromatic nitrogens is 1. The van der Waals surface area contributed by atoms with Crippen molar-refractivity contribution in [1.82, 2.24) is 9.88 Å². The van der Waals surface area contributed by atoms with Gasteiger partial charge in [-0.2, -0.15) is 0 Å². The van der Waals surface area contributed by atoms with Crippen molar-refractivity contribution in [3.05, 3.63) is 29.5 Å². The first-order chi connectivity index (χ1) is 9.88. The number of rotatable bonds is 4. The van der Waals surface area contributed by atoms with E-state index in [4.69, 9.17) is 4.74 Å². The number of aromatic amines is 1. The Bertz CT molecular complexity index is 701. The van der Waals surface area contributed by atoms with E-state index in [1.165, 1.54) is 4.90 Å². The van der Waals surface area contributed by atoms with Crippen LogP contribution in [0.2, 0.25) is 0 Å². The smallest absolute Gasteiger partial charge is 0.295 e. The van der Waals surface area contributed by atoms with Gasteiger partial charge in [0, 0.05) is 24.8 Å². The van der Waals surface area contributed by atoms with Crippen molar-refractivity contribution in [3.8, 4) is 5.75 Å². The second kappa shape index (κ2) is 5.60. The van der Waals surface area contributed by atoms with Crippen molar-refractivity contribution < 1.29 is 14.3 Å². The fourth-order valence-corrected chi connectivity index (χ4v) is 2.25. The molecule has 112 valence electrons. The van der Waals surface area contributed by atoms with Gasteiger partial charge < -0.3 is 14.6 Å². The molecule has 0 bridgehead atoms. The van der Waals surface area contributed by atoms with Gasteiger partial charge in [0.05, 0.1) is 18.1 Å². The van der Waals surface area contributed by atoms with Crippen LogP contribution < -0.4 is 4.74 Å². The molecule has 0 saturated heterocycles. The van der Waals surface area contributed by atoms with Crippen molar-refractivity contribution in [1.29, 1.82) is 0 Å². The highest BCUT2D eigenvalue weighted by atomic mass is 16.5. The summed E-state index contributed by atoms with van der Waals surface area (Å²) in [6.07, 6.45) is 1.57. The molecule has 5 nitrogen and oxygen atoms in total. The van der Waals surface area contributed by atoms with E-state index in [0.717, 1.165) is 11.1 Å². The predicted octanol–water partition coefficient (Wildman–Crippen LogP) is 2.53. The lowest BCUT2D eigenvalue weighted by molar-refractivity contribution is -0.126. The minimum absolute atomic E-state index is 0.0321. The van der Waals surface area contributed by atoms with Gasteiger partial charge in [0.15, 0.2) is 0 Å². The number of nitrogens with zero attached hydrogens (tertiary/aromatic N) is 1. The molecule has 1 aromatic carbocycles. The first-order valence-corrected chi connectivity index (χ1v) is 6.84. The number of Topliss-reactive ketones (excluding diaryl/α,β-unsaturated/α-hetero) is 1. The van der Waals surface area contributed by atoms with E-state index in [1.54, 1.807) is 20.4 Å². The number of aryl methyl sites for hydroxylation is 1. The van der Waals surface area contributed by atoms with Gasteiger partial charge in [0.25, 0.3) is 11.7 Å². The highest BCUT2D eigenvalue weighted by molar-refractivity contribution is 6.45. The summed E-state index contributed by atoms with van der Waals surface area (Å²) >= 11 is 0. The van der Waals surface area contributed by atoms with Crippen LogP contribution in [0.15, 0.2) is 18.3 Å². The maximum Gasteiger partial charge on any atom is 0.295 e. The lowest BCUT2D eigenvalue weighted by atomic mass is 10.0. The fraction of sp³-hybridized carbons (Fsp3) is 0.375. The van der Waals surface area contributed by atoms with Crippen LogP contribution in [-0.4, -0.2) is 41.8 Å². The van der Waals surface area contributed by atoms with Gasteiger partial charge >= 0.3 is 0 Å². The monoisotopic (exact) mass is 288 g/mol. The van der Waals surface area contributed by atoms with E-state index in [2.05, 4.69) is 4.98 Å². The van der Waals surface area contributed by atoms with Crippen LogP contribution in [0.4, 0.5) is 0 Å². The number of methoxy groups -OCH3 is 1. The highest BCUT2D eigenvalue weighted by Crippen LogP contribution is 2.32. The van der Waals surface area contributed by atoms with Crippen molar-refractivity contribution in [2.45, 2.75) is 26.8 Å². The number of ketones is 1. The number of amides is 1. The Balaban J connectivity index is 2.55. The summed E-state index contributed by atoms with van der Waals surface area (Å²) in [7, 11) is 3.19.